The molecule has 1 fully saturated rings. The van der Waals surface area contributed by atoms with Gasteiger partial charge in [0, 0.05) is 24.7 Å². The molecule has 21 heavy (non-hydrogen) atoms. The summed E-state index contributed by atoms with van der Waals surface area (Å²) in [6.45, 7) is 14.7. The van der Waals surface area contributed by atoms with E-state index >= 15 is 0 Å². The highest BCUT2D eigenvalue weighted by Gasteiger charge is 2.22. The summed E-state index contributed by atoms with van der Waals surface area (Å²) in [6.07, 6.45) is 2.68. The molecule has 2 rings (SSSR count). The van der Waals surface area contributed by atoms with Crippen LogP contribution in [0.3, 0.4) is 0 Å². The normalized spacial score (nSPS) is 24.2. The summed E-state index contributed by atoms with van der Waals surface area (Å²) in [7, 11) is 0. The molecule has 0 amide bonds. The van der Waals surface area contributed by atoms with E-state index in [9.17, 15) is 0 Å². The van der Waals surface area contributed by atoms with E-state index in [4.69, 9.17) is 0 Å². The lowest BCUT2D eigenvalue weighted by atomic mass is 9.93. The Labute approximate surface area is 130 Å². The number of benzene rings is 1. The highest BCUT2D eigenvalue weighted by molar-refractivity contribution is 5.23. The first-order valence-corrected chi connectivity index (χ1v) is 8.40. The molecular weight excluding hydrogens is 256 g/mol. The largest absolute Gasteiger partial charge is 0.308 e. The van der Waals surface area contributed by atoms with Crippen molar-refractivity contribution in [2.75, 3.05) is 6.54 Å². The van der Waals surface area contributed by atoms with Crippen molar-refractivity contribution >= 4 is 0 Å². The highest BCUT2D eigenvalue weighted by atomic mass is 15.2. The summed E-state index contributed by atoms with van der Waals surface area (Å²) in [5.74, 6) is 0.888. The van der Waals surface area contributed by atoms with Crippen molar-refractivity contribution < 1.29 is 0 Å². The Hall–Kier alpha value is -0.860. The summed E-state index contributed by atoms with van der Waals surface area (Å²) in [6, 6.07) is 9.77. The molecule has 2 nitrogen and oxygen atoms in total. The minimum Gasteiger partial charge on any atom is -0.308 e. The minimum absolute atomic E-state index is 0.174. The fourth-order valence-corrected chi connectivity index (χ4v) is 3.13. The van der Waals surface area contributed by atoms with Gasteiger partial charge in [-0.05, 0) is 64.1 Å². The van der Waals surface area contributed by atoms with Gasteiger partial charge in [-0.2, -0.15) is 0 Å². The molecule has 1 aliphatic rings. The molecule has 0 radical (unpaired) electrons. The summed E-state index contributed by atoms with van der Waals surface area (Å²) in [4.78, 5) is 2.64. The third kappa shape index (κ3) is 5.44. The maximum atomic E-state index is 3.57. The van der Waals surface area contributed by atoms with E-state index in [1.807, 2.05) is 0 Å². The Morgan fingerprint density at radius 3 is 2.57 bits per heavy atom. The molecule has 1 aromatic carbocycles. The van der Waals surface area contributed by atoms with Gasteiger partial charge in [-0.25, -0.2) is 0 Å². The van der Waals surface area contributed by atoms with Gasteiger partial charge >= 0.3 is 0 Å². The fraction of sp³-hybridized carbons (Fsp3) is 0.684. The second-order valence-electron chi connectivity index (χ2n) is 7.87. The van der Waals surface area contributed by atoms with Crippen LogP contribution in [0, 0.1) is 5.92 Å². The molecule has 0 bridgehead atoms. The van der Waals surface area contributed by atoms with E-state index in [-0.39, 0.29) is 5.54 Å². The standard InChI is InChI=1S/C19H32N2/c1-15-9-10-21(16(2)11-15)14-18-8-6-7-17(12-18)13-20-19(3,4)5/h6-8,12,15-16,20H,9-11,13-14H2,1-5H3. The predicted molar refractivity (Wildman–Crippen MR) is 91.3 cm³/mol. The number of rotatable bonds is 4. The second-order valence-corrected chi connectivity index (χ2v) is 7.87. The Balaban J connectivity index is 1.94. The quantitative estimate of drug-likeness (QED) is 0.893. The summed E-state index contributed by atoms with van der Waals surface area (Å²) < 4.78 is 0. The molecular formula is C19H32N2. The van der Waals surface area contributed by atoms with Crippen LogP contribution in [0.25, 0.3) is 0 Å². The van der Waals surface area contributed by atoms with Gasteiger partial charge in [-0.15, -0.1) is 0 Å². The average molecular weight is 288 g/mol. The molecule has 0 aliphatic carbocycles. The maximum Gasteiger partial charge on any atom is 0.0236 e. The predicted octanol–water partition coefficient (Wildman–Crippen LogP) is 4.20. The monoisotopic (exact) mass is 288 g/mol. The van der Waals surface area contributed by atoms with Gasteiger partial charge in [0.15, 0.2) is 0 Å². The lowest BCUT2D eigenvalue weighted by molar-refractivity contribution is 0.122. The number of nitrogens with one attached hydrogen (secondary N) is 1. The summed E-state index contributed by atoms with van der Waals surface area (Å²) in [5, 5.41) is 3.57. The first-order chi connectivity index (χ1) is 9.83. The molecule has 118 valence electrons. The van der Waals surface area contributed by atoms with Crippen LogP contribution in [0.1, 0.15) is 58.6 Å². The van der Waals surface area contributed by atoms with Crippen molar-refractivity contribution in [3.8, 4) is 0 Å². The Kier molecular flexibility index (Phi) is 5.45. The van der Waals surface area contributed by atoms with Gasteiger partial charge in [-0.1, -0.05) is 31.2 Å². The molecule has 1 heterocycles. The zero-order valence-electron chi connectivity index (χ0n) is 14.4. The van der Waals surface area contributed by atoms with Crippen molar-refractivity contribution in [2.24, 2.45) is 5.92 Å². The first kappa shape index (κ1) is 16.5. The Bertz CT molecular complexity index is 447. The smallest absolute Gasteiger partial charge is 0.0236 e. The van der Waals surface area contributed by atoms with Gasteiger partial charge < -0.3 is 5.32 Å². The van der Waals surface area contributed by atoms with Crippen molar-refractivity contribution in [2.45, 2.75) is 72.1 Å². The van der Waals surface area contributed by atoms with E-state index in [0.29, 0.717) is 6.04 Å². The van der Waals surface area contributed by atoms with E-state index in [1.54, 1.807) is 0 Å². The van der Waals surface area contributed by atoms with Crippen molar-refractivity contribution in [3.63, 3.8) is 0 Å². The number of piperidine rings is 1. The number of hydrogen-bond acceptors (Lipinski definition) is 2. The van der Waals surface area contributed by atoms with Crippen molar-refractivity contribution in [1.29, 1.82) is 0 Å². The molecule has 0 aromatic heterocycles. The highest BCUT2D eigenvalue weighted by Crippen LogP contribution is 2.24. The van der Waals surface area contributed by atoms with Gasteiger partial charge in [0.2, 0.25) is 0 Å². The molecule has 2 atom stereocenters. The van der Waals surface area contributed by atoms with Gasteiger partial charge in [-0.3, -0.25) is 4.90 Å². The van der Waals surface area contributed by atoms with Crippen LogP contribution < -0.4 is 5.32 Å². The molecule has 0 spiro atoms. The van der Waals surface area contributed by atoms with Crippen LogP contribution in [0.15, 0.2) is 24.3 Å². The lowest BCUT2D eigenvalue weighted by Gasteiger charge is -2.36. The third-order valence-corrected chi connectivity index (χ3v) is 4.48. The minimum atomic E-state index is 0.174. The zero-order chi connectivity index (χ0) is 15.5. The Morgan fingerprint density at radius 1 is 1.19 bits per heavy atom. The van der Waals surface area contributed by atoms with E-state index in [2.05, 4.69) is 69.1 Å². The molecule has 1 aromatic rings. The van der Waals surface area contributed by atoms with Crippen molar-refractivity contribution in [3.05, 3.63) is 35.4 Å². The zero-order valence-corrected chi connectivity index (χ0v) is 14.4. The van der Waals surface area contributed by atoms with Gasteiger partial charge in [0.25, 0.3) is 0 Å². The van der Waals surface area contributed by atoms with Crippen LogP contribution in [0.2, 0.25) is 0 Å². The maximum absolute atomic E-state index is 3.57. The lowest BCUT2D eigenvalue weighted by Crippen LogP contribution is -2.39. The molecule has 1 N–H and O–H groups in total. The molecule has 0 saturated carbocycles. The number of hydrogen-bond donors (Lipinski definition) is 1. The van der Waals surface area contributed by atoms with Gasteiger partial charge in [0.1, 0.15) is 0 Å². The van der Waals surface area contributed by atoms with Crippen LogP contribution in [0.5, 0.6) is 0 Å². The molecule has 1 aliphatic heterocycles. The molecule has 2 heteroatoms. The van der Waals surface area contributed by atoms with Crippen LogP contribution in [-0.4, -0.2) is 23.0 Å². The van der Waals surface area contributed by atoms with Crippen molar-refractivity contribution in [1.82, 2.24) is 10.2 Å². The fourth-order valence-electron chi connectivity index (χ4n) is 3.13. The van der Waals surface area contributed by atoms with E-state index < -0.39 is 0 Å². The van der Waals surface area contributed by atoms with Crippen LogP contribution in [-0.2, 0) is 13.1 Å². The topological polar surface area (TPSA) is 15.3 Å². The van der Waals surface area contributed by atoms with E-state index in [0.717, 1.165) is 19.0 Å². The third-order valence-electron chi connectivity index (χ3n) is 4.48. The number of nitrogens with zero attached hydrogens (tertiary/aromatic N) is 1. The average Bonchev–Trinajstić information content (AvgIpc) is 2.39. The molecule has 2 unspecified atom stereocenters. The Morgan fingerprint density at radius 2 is 1.90 bits per heavy atom. The first-order valence-electron chi connectivity index (χ1n) is 8.40. The summed E-state index contributed by atoms with van der Waals surface area (Å²) >= 11 is 0. The second kappa shape index (κ2) is 6.93. The molecule has 1 saturated heterocycles. The van der Waals surface area contributed by atoms with Crippen LogP contribution in [0.4, 0.5) is 0 Å². The SMILES string of the molecule is CC1CCN(Cc2cccc(CNC(C)(C)C)c2)C(C)C1. The number of likely N-dealkylation sites (tertiary alicyclic amines) is 1. The van der Waals surface area contributed by atoms with Gasteiger partial charge in [0.05, 0.1) is 0 Å². The van der Waals surface area contributed by atoms with Crippen LogP contribution >= 0.6 is 0 Å². The van der Waals surface area contributed by atoms with E-state index in [1.165, 1.54) is 30.5 Å². The summed E-state index contributed by atoms with van der Waals surface area (Å²) in [5.41, 5.74) is 3.01.